The van der Waals surface area contributed by atoms with Crippen molar-refractivity contribution >= 4 is 22.7 Å². The van der Waals surface area contributed by atoms with Crippen LogP contribution in [0.4, 0.5) is 10.5 Å². The summed E-state index contributed by atoms with van der Waals surface area (Å²) in [5.74, 6) is 0.243. The van der Waals surface area contributed by atoms with E-state index in [2.05, 4.69) is 10.3 Å². The third kappa shape index (κ3) is 3.23. The fraction of sp³-hybridized carbons (Fsp3) is 0.111. The highest BCUT2D eigenvalue weighted by Gasteiger charge is 2.16. The van der Waals surface area contributed by atoms with E-state index in [0.29, 0.717) is 17.9 Å². The van der Waals surface area contributed by atoms with E-state index >= 15 is 0 Å². The quantitative estimate of drug-likeness (QED) is 0.706. The Bertz CT molecular complexity index is 848. The van der Waals surface area contributed by atoms with Gasteiger partial charge in [-0.15, -0.1) is 0 Å². The monoisotopic (exact) mass is 308 g/mol. The minimum Gasteiger partial charge on any atom is -0.449 e. The van der Waals surface area contributed by atoms with Gasteiger partial charge in [-0.05, 0) is 18.6 Å². The minimum atomic E-state index is -1.35. The second-order valence-electron chi connectivity index (χ2n) is 5.13. The molecule has 0 aliphatic rings. The van der Waals surface area contributed by atoms with Crippen molar-refractivity contribution in [2.75, 3.05) is 5.32 Å². The molecule has 0 amide bonds. The SMILES string of the molecule is Cc1nc2ccccc2c(NCc2ccccc2)c1OC(=O)O. The number of carbonyl (C=O) groups is 1. The predicted molar refractivity (Wildman–Crippen MR) is 88.9 cm³/mol. The topological polar surface area (TPSA) is 71.5 Å². The van der Waals surface area contributed by atoms with Gasteiger partial charge >= 0.3 is 6.16 Å². The fourth-order valence-electron chi connectivity index (χ4n) is 2.49. The second kappa shape index (κ2) is 6.36. The highest BCUT2D eigenvalue weighted by molar-refractivity contribution is 5.95. The van der Waals surface area contributed by atoms with Crippen molar-refractivity contribution in [1.29, 1.82) is 0 Å². The van der Waals surface area contributed by atoms with Crippen LogP contribution in [0.3, 0.4) is 0 Å². The summed E-state index contributed by atoms with van der Waals surface area (Å²) in [7, 11) is 0. The first-order valence-electron chi connectivity index (χ1n) is 7.23. The van der Waals surface area contributed by atoms with Crippen LogP contribution in [0, 0.1) is 6.92 Å². The molecule has 2 aromatic carbocycles. The van der Waals surface area contributed by atoms with Gasteiger partial charge in [-0.2, -0.15) is 0 Å². The maximum Gasteiger partial charge on any atom is 0.511 e. The Hall–Kier alpha value is -3.08. The molecule has 3 rings (SSSR count). The first-order chi connectivity index (χ1) is 11.1. The highest BCUT2D eigenvalue weighted by Crippen LogP contribution is 2.35. The zero-order chi connectivity index (χ0) is 16.2. The van der Waals surface area contributed by atoms with Crippen LogP contribution >= 0.6 is 0 Å². The van der Waals surface area contributed by atoms with Crippen LogP contribution in [0.2, 0.25) is 0 Å². The number of aromatic nitrogens is 1. The standard InChI is InChI=1S/C18H16N2O3/c1-12-17(23-18(21)22)16(14-9-5-6-10-15(14)20-12)19-11-13-7-3-2-4-8-13/h2-10H,11H2,1H3,(H,19,20)(H,21,22). The number of nitrogens with zero attached hydrogens (tertiary/aromatic N) is 1. The average molecular weight is 308 g/mol. The smallest absolute Gasteiger partial charge is 0.449 e. The number of carboxylic acid groups (broad SMARTS) is 1. The van der Waals surface area contributed by atoms with Crippen molar-refractivity contribution in [2.24, 2.45) is 0 Å². The van der Waals surface area contributed by atoms with Crippen molar-refractivity contribution in [1.82, 2.24) is 4.98 Å². The molecule has 0 radical (unpaired) electrons. The van der Waals surface area contributed by atoms with Gasteiger partial charge in [0.25, 0.3) is 0 Å². The molecule has 0 atom stereocenters. The Labute approximate surface area is 133 Å². The molecule has 116 valence electrons. The number of rotatable bonds is 4. The van der Waals surface area contributed by atoms with Crippen molar-refractivity contribution in [2.45, 2.75) is 13.5 Å². The lowest BCUT2D eigenvalue weighted by atomic mass is 10.1. The third-order valence-electron chi connectivity index (χ3n) is 3.52. The maximum atomic E-state index is 11.0. The van der Waals surface area contributed by atoms with Crippen molar-refractivity contribution in [3.05, 3.63) is 65.9 Å². The zero-order valence-corrected chi connectivity index (χ0v) is 12.6. The second-order valence-corrected chi connectivity index (χ2v) is 5.13. The normalized spacial score (nSPS) is 10.5. The fourth-order valence-corrected chi connectivity index (χ4v) is 2.49. The van der Waals surface area contributed by atoms with Gasteiger partial charge < -0.3 is 15.2 Å². The highest BCUT2D eigenvalue weighted by atomic mass is 16.7. The van der Waals surface area contributed by atoms with Crippen LogP contribution < -0.4 is 10.1 Å². The Kier molecular flexibility index (Phi) is 4.10. The molecule has 0 saturated carbocycles. The lowest BCUT2D eigenvalue weighted by Gasteiger charge is -2.15. The summed E-state index contributed by atoms with van der Waals surface area (Å²) in [6, 6.07) is 17.4. The van der Waals surface area contributed by atoms with Crippen molar-refractivity contribution in [3.63, 3.8) is 0 Å². The molecule has 0 aliphatic heterocycles. The molecule has 0 unspecified atom stereocenters. The summed E-state index contributed by atoms with van der Waals surface area (Å²) >= 11 is 0. The zero-order valence-electron chi connectivity index (χ0n) is 12.6. The van der Waals surface area contributed by atoms with E-state index in [4.69, 9.17) is 9.84 Å². The van der Waals surface area contributed by atoms with Gasteiger partial charge in [0.05, 0.1) is 16.9 Å². The molecule has 2 N–H and O–H groups in total. The minimum absolute atomic E-state index is 0.243. The molecule has 0 bridgehead atoms. The van der Waals surface area contributed by atoms with Crippen LogP contribution in [0.25, 0.3) is 10.9 Å². The Morgan fingerprint density at radius 2 is 1.83 bits per heavy atom. The van der Waals surface area contributed by atoms with Gasteiger partial charge in [0.1, 0.15) is 0 Å². The van der Waals surface area contributed by atoms with E-state index in [1.54, 1.807) is 6.92 Å². The van der Waals surface area contributed by atoms with E-state index < -0.39 is 6.16 Å². The van der Waals surface area contributed by atoms with E-state index in [0.717, 1.165) is 16.5 Å². The first-order valence-corrected chi connectivity index (χ1v) is 7.23. The lowest BCUT2D eigenvalue weighted by molar-refractivity contribution is 0.144. The van der Waals surface area contributed by atoms with Gasteiger partial charge in [0.15, 0.2) is 5.75 Å². The number of hydrogen-bond donors (Lipinski definition) is 2. The summed E-state index contributed by atoms with van der Waals surface area (Å²) in [6.45, 7) is 2.29. The molecular formula is C18H16N2O3. The first kappa shape index (κ1) is 14.8. The molecule has 5 nitrogen and oxygen atoms in total. The molecule has 3 aromatic rings. The van der Waals surface area contributed by atoms with Crippen molar-refractivity contribution < 1.29 is 14.6 Å². The van der Waals surface area contributed by atoms with E-state index in [-0.39, 0.29) is 5.75 Å². The van der Waals surface area contributed by atoms with E-state index in [1.807, 2.05) is 54.6 Å². The molecule has 0 aliphatic carbocycles. The predicted octanol–water partition coefficient (Wildman–Crippen LogP) is 4.21. The Balaban J connectivity index is 2.05. The molecule has 5 heteroatoms. The Morgan fingerprint density at radius 3 is 2.57 bits per heavy atom. The molecule has 1 heterocycles. The largest absolute Gasteiger partial charge is 0.511 e. The number of para-hydroxylation sites is 1. The number of hydrogen-bond acceptors (Lipinski definition) is 4. The Morgan fingerprint density at radius 1 is 1.13 bits per heavy atom. The van der Waals surface area contributed by atoms with Crippen LogP contribution in [-0.2, 0) is 6.54 Å². The number of ether oxygens (including phenoxy) is 1. The molecule has 1 aromatic heterocycles. The molecule has 0 saturated heterocycles. The van der Waals surface area contributed by atoms with Crippen LogP contribution in [-0.4, -0.2) is 16.2 Å². The summed E-state index contributed by atoms with van der Waals surface area (Å²) in [4.78, 5) is 15.4. The van der Waals surface area contributed by atoms with Crippen LogP contribution in [0.15, 0.2) is 54.6 Å². The summed E-state index contributed by atoms with van der Waals surface area (Å²) in [5.41, 5.74) is 3.05. The number of pyridine rings is 1. The number of benzene rings is 2. The van der Waals surface area contributed by atoms with Gasteiger partial charge in [0.2, 0.25) is 0 Å². The third-order valence-corrected chi connectivity index (χ3v) is 3.52. The number of nitrogens with one attached hydrogen (secondary N) is 1. The van der Waals surface area contributed by atoms with E-state index in [1.165, 1.54) is 0 Å². The summed E-state index contributed by atoms with van der Waals surface area (Å²) in [5, 5.41) is 13.1. The number of aryl methyl sites for hydroxylation is 1. The van der Waals surface area contributed by atoms with Gasteiger partial charge in [-0.3, -0.25) is 0 Å². The van der Waals surface area contributed by atoms with Gasteiger partial charge in [-0.25, -0.2) is 9.78 Å². The molecule has 23 heavy (non-hydrogen) atoms. The molecule has 0 fully saturated rings. The lowest BCUT2D eigenvalue weighted by Crippen LogP contribution is -2.10. The summed E-state index contributed by atoms with van der Waals surface area (Å²) in [6.07, 6.45) is -1.35. The maximum absolute atomic E-state index is 11.0. The number of fused-ring (bicyclic) bond motifs is 1. The average Bonchev–Trinajstić information content (AvgIpc) is 2.55. The van der Waals surface area contributed by atoms with Gasteiger partial charge in [-0.1, -0.05) is 48.5 Å². The van der Waals surface area contributed by atoms with Gasteiger partial charge in [0, 0.05) is 11.9 Å². The summed E-state index contributed by atoms with van der Waals surface area (Å²) < 4.78 is 4.96. The van der Waals surface area contributed by atoms with E-state index in [9.17, 15) is 4.79 Å². The number of anilines is 1. The van der Waals surface area contributed by atoms with Crippen molar-refractivity contribution in [3.8, 4) is 5.75 Å². The van der Waals surface area contributed by atoms with Crippen LogP contribution in [0.5, 0.6) is 5.75 Å². The molecule has 0 spiro atoms. The van der Waals surface area contributed by atoms with Crippen LogP contribution in [0.1, 0.15) is 11.3 Å². The molecular weight excluding hydrogens is 292 g/mol.